The van der Waals surface area contributed by atoms with Gasteiger partial charge in [0.1, 0.15) is 5.82 Å². The highest BCUT2D eigenvalue weighted by molar-refractivity contribution is 5.93. The number of aromatic nitrogens is 4. The van der Waals surface area contributed by atoms with Crippen LogP contribution in [0.2, 0.25) is 0 Å². The fourth-order valence-electron chi connectivity index (χ4n) is 3.47. The molecule has 1 aromatic carbocycles. The molecule has 0 radical (unpaired) electrons. The molecule has 6 nitrogen and oxygen atoms in total. The Morgan fingerprint density at radius 3 is 2.54 bits per heavy atom. The summed E-state index contributed by atoms with van der Waals surface area (Å²) in [6, 6.07) is 7.91. The molecule has 0 aliphatic rings. The lowest BCUT2D eigenvalue weighted by Crippen LogP contribution is -2.19. The summed E-state index contributed by atoms with van der Waals surface area (Å²) in [5, 5.41) is 7.45. The van der Waals surface area contributed by atoms with Gasteiger partial charge in [0.2, 0.25) is 5.91 Å². The molecule has 6 heteroatoms. The summed E-state index contributed by atoms with van der Waals surface area (Å²) in [6.07, 6.45) is 0.374. The Balaban J connectivity index is 1.74. The number of carbonyl (C=O) groups is 1. The van der Waals surface area contributed by atoms with E-state index in [2.05, 4.69) is 28.8 Å². The topological polar surface area (TPSA) is 64.7 Å². The van der Waals surface area contributed by atoms with E-state index in [1.165, 1.54) is 0 Å². The smallest absolute Gasteiger partial charge is 0.226 e. The minimum absolute atomic E-state index is 0.00910. The summed E-state index contributed by atoms with van der Waals surface area (Å²) in [5.41, 5.74) is 4.79. The molecule has 0 aliphatic heterocycles. The highest BCUT2D eigenvalue weighted by Crippen LogP contribution is 2.24. The van der Waals surface area contributed by atoms with E-state index in [0.29, 0.717) is 12.3 Å². The van der Waals surface area contributed by atoms with Gasteiger partial charge in [-0.05, 0) is 45.0 Å². The number of imidazole rings is 1. The summed E-state index contributed by atoms with van der Waals surface area (Å²) < 4.78 is 4.02. The Labute approximate surface area is 154 Å². The molecule has 1 atom stereocenters. The van der Waals surface area contributed by atoms with Gasteiger partial charge in [-0.25, -0.2) is 4.98 Å². The van der Waals surface area contributed by atoms with Crippen LogP contribution in [-0.2, 0) is 11.8 Å². The number of carbonyl (C=O) groups excluding carboxylic acids is 1. The van der Waals surface area contributed by atoms with Crippen LogP contribution in [-0.4, -0.2) is 25.2 Å². The maximum Gasteiger partial charge on any atom is 0.226 e. The average molecular weight is 353 g/mol. The predicted octanol–water partition coefficient (Wildman–Crippen LogP) is 4.10. The van der Waals surface area contributed by atoms with E-state index in [4.69, 9.17) is 4.98 Å². The first-order chi connectivity index (χ1) is 12.3. The van der Waals surface area contributed by atoms with Gasteiger partial charge in [0.05, 0.1) is 22.8 Å². The molecule has 3 rings (SSSR count). The minimum Gasteiger partial charge on any atom is -0.331 e. The number of hydrogen-bond acceptors (Lipinski definition) is 3. The van der Waals surface area contributed by atoms with Gasteiger partial charge in [-0.2, -0.15) is 5.10 Å². The number of amides is 1. The molecule has 138 valence electrons. The van der Waals surface area contributed by atoms with E-state index in [-0.39, 0.29) is 11.9 Å². The Morgan fingerprint density at radius 2 is 1.92 bits per heavy atom. The Hall–Kier alpha value is -2.63. The van der Waals surface area contributed by atoms with Crippen LogP contribution in [0.4, 0.5) is 5.69 Å². The molecule has 0 fully saturated rings. The van der Waals surface area contributed by atoms with Crippen LogP contribution in [0.1, 0.15) is 56.4 Å². The van der Waals surface area contributed by atoms with Crippen molar-refractivity contribution in [1.29, 1.82) is 0 Å². The largest absolute Gasteiger partial charge is 0.331 e. The van der Waals surface area contributed by atoms with Crippen molar-refractivity contribution in [3.05, 3.63) is 41.5 Å². The van der Waals surface area contributed by atoms with Crippen LogP contribution < -0.4 is 5.32 Å². The monoisotopic (exact) mass is 353 g/mol. The lowest BCUT2D eigenvalue weighted by atomic mass is 10.2. The maximum atomic E-state index is 12.5. The van der Waals surface area contributed by atoms with E-state index in [1.807, 2.05) is 56.8 Å². The third-order valence-corrected chi connectivity index (χ3v) is 4.66. The van der Waals surface area contributed by atoms with Crippen LogP contribution >= 0.6 is 0 Å². The normalized spacial score (nSPS) is 12.7. The van der Waals surface area contributed by atoms with Crippen LogP contribution in [0.3, 0.4) is 0 Å². The van der Waals surface area contributed by atoms with Gasteiger partial charge in [-0.15, -0.1) is 0 Å². The molecule has 26 heavy (non-hydrogen) atoms. The van der Waals surface area contributed by atoms with Gasteiger partial charge in [0.15, 0.2) is 0 Å². The summed E-state index contributed by atoms with van der Waals surface area (Å²) in [7, 11) is 2.03. The molecule has 0 bridgehead atoms. The Morgan fingerprint density at radius 1 is 1.19 bits per heavy atom. The van der Waals surface area contributed by atoms with Crippen molar-refractivity contribution in [2.75, 3.05) is 5.32 Å². The van der Waals surface area contributed by atoms with Crippen molar-refractivity contribution in [3.63, 3.8) is 0 Å². The molecular formula is C20H27N5O. The molecule has 0 saturated heterocycles. The highest BCUT2D eigenvalue weighted by Gasteiger charge is 2.15. The van der Waals surface area contributed by atoms with Crippen molar-refractivity contribution in [2.45, 2.75) is 53.0 Å². The fourth-order valence-corrected chi connectivity index (χ4v) is 3.47. The summed E-state index contributed by atoms with van der Waals surface area (Å²) in [4.78, 5) is 17.2. The molecule has 3 aromatic rings. The van der Waals surface area contributed by atoms with Crippen LogP contribution in [0.5, 0.6) is 0 Å². The number of aryl methyl sites for hydroxylation is 3. The Kier molecular flexibility index (Phi) is 4.85. The SMILES string of the molecule is Cc1cc(C)n(C(C)CC(=O)Nc2ccc3c(c2)nc(C(C)C)n3C)n1. The first kappa shape index (κ1) is 18.2. The van der Waals surface area contributed by atoms with E-state index >= 15 is 0 Å². The zero-order valence-corrected chi connectivity index (χ0v) is 16.4. The van der Waals surface area contributed by atoms with Crippen LogP contribution in [0.15, 0.2) is 24.3 Å². The predicted molar refractivity (Wildman–Crippen MR) is 104 cm³/mol. The lowest BCUT2D eigenvalue weighted by Gasteiger charge is -2.14. The lowest BCUT2D eigenvalue weighted by molar-refractivity contribution is -0.116. The second-order valence-corrected chi connectivity index (χ2v) is 7.36. The third-order valence-electron chi connectivity index (χ3n) is 4.66. The number of anilines is 1. The molecule has 2 heterocycles. The van der Waals surface area contributed by atoms with E-state index < -0.39 is 0 Å². The number of rotatable bonds is 5. The quantitative estimate of drug-likeness (QED) is 0.751. The summed E-state index contributed by atoms with van der Waals surface area (Å²) >= 11 is 0. The summed E-state index contributed by atoms with van der Waals surface area (Å²) in [6.45, 7) is 10.2. The first-order valence-electron chi connectivity index (χ1n) is 9.05. The van der Waals surface area contributed by atoms with Crippen LogP contribution in [0.25, 0.3) is 11.0 Å². The van der Waals surface area contributed by atoms with Crippen molar-refractivity contribution in [1.82, 2.24) is 19.3 Å². The van der Waals surface area contributed by atoms with Gasteiger partial charge < -0.3 is 9.88 Å². The molecule has 0 aliphatic carbocycles. The zero-order chi connectivity index (χ0) is 19.0. The van der Waals surface area contributed by atoms with Gasteiger partial charge in [0.25, 0.3) is 0 Å². The molecule has 1 N–H and O–H groups in total. The van der Waals surface area contributed by atoms with Crippen LogP contribution in [0, 0.1) is 13.8 Å². The Bertz CT molecular complexity index is 951. The van der Waals surface area contributed by atoms with Gasteiger partial charge in [-0.1, -0.05) is 13.8 Å². The molecule has 0 spiro atoms. The molecule has 0 saturated carbocycles. The van der Waals surface area contributed by atoms with Crippen molar-refractivity contribution >= 4 is 22.6 Å². The zero-order valence-electron chi connectivity index (χ0n) is 16.4. The molecular weight excluding hydrogens is 326 g/mol. The summed E-state index contributed by atoms with van der Waals surface area (Å²) in [5.74, 6) is 1.37. The number of nitrogens with one attached hydrogen (secondary N) is 1. The van der Waals surface area contributed by atoms with Crippen molar-refractivity contribution in [3.8, 4) is 0 Å². The minimum atomic E-state index is -0.0237. The van der Waals surface area contributed by atoms with Gasteiger partial charge in [-0.3, -0.25) is 9.48 Å². The number of hydrogen-bond donors (Lipinski definition) is 1. The standard InChI is InChI=1S/C20H27N5O/c1-12(2)20-22-17-11-16(7-8-18(17)24(20)6)21-19(26)10-15(5)25-14(4)9-13(3)23-25/h7-9,11-12,15H,10H2,1-6H3,(H,21,26). The second kappa shape index (κ2) is 6.94. The second-order valence-electron chi connectivity index (χ2n) is 7.36. The molecule has 1 unspecified atom stereocenters. The number of benzene rings is 1. The molecule has 2 aromatic heterocycles. The van der Waals surface area contributed by atoms with E-state index in [0.717, 1.165) is 33.9 Å². The maximum absolute atomic E-state index is 12.5. The number of fused-ring (bicyclic) bond motifs is 1. The van der Waals surface area contributed by atoms with Gasteiger partial charge in [0, 0.05) is 30.8 Å². The average Bonchev–Trinajstić information content (AvgIpc) is 3.06. The third kappa shape index (κ3) is 3.49. The van der Waals surface area contributed by atoms with E-state index in [9.17, 15) is 4.79 Å². The van der Waals surface area contributed by atoms with Gasteiger partial charge >= 0.3 is 0 Å². The van der Waals surface area contributed by atoms with Crippen molar-refractivity contribution < 1.29 is 4.79 Å². The van der Waals surface area contributed by atoms with E-state index in [1.54, 1.807) is 0 Å². The highest BCUT2D eigenvalue weighted by atomic mass is 16.1. The van der Waals surface area contributed by atoms with Crippen molar-refractivity contribution in [2.24, 2.45) is 7.05 Å². The fraction of sp³-hybridized carbons (Fsp3) is 0.450. The molecule has 1 amide bonds. The number of nitrogens with zero attached hydrogens (tertiary/aromatic N) is 4. The first-order valence-corrected chi connectivity index (χ1v) is 9.05.